The number of benzene rings is 2. The molecule has 1 atom stereocenters. The average molecular weight is 243 g/mol. The van der Waals surface area contributed by atoms with Crippen molar-refractivity contribution < 1.29 is 4.39 Å². The molecule has 0 aliphatic carbocycles. The molecule has 0 saturated heterocycles. The topological polar surface area (TPSA) is 12.4 Å². The smallest absolute Gasteiger partial charge is 0.123 e. The van der Waals surface area contributed by atoms with Gasteiger partial charge in [0.2, 0.25) is 0 Å². The highest BCUT2D eigenvalue weighted by molar-refractivity contribution is 7.78. The van der Waals surface area contributed by atoms with Gasteiger partial charge in [-0.2, -0.15) is 0 Å². The summed E-state index contributed by atoms with van der Waals surface area (Å²) >= 11 is 4.66. The molecule has 17 heavy (non-hydrogen) atoms. The zero-order valence-corrected chi connectivity index (χ0v) is 9.82. The fraction of sp³-hybridized carbons (Fsp3) is 0.0714. The van der Waals surface area contributed by atoms with Crippen LogP contribution in [0.1, 0.15) is 17.2 Å². The minimum absolute atomic E-state index is 0.214. The minimum atomic E-state index is -0.258. The fourth-order valence-electron chi connectivity index (χ4n) is 1.67. The molecule has 84 valence electrons. The molecular formula is C14H10FNS. The van der Waals surface area contributed by atoms with Crippen molar-refractivity contribution >= 4 is 17.4 Å². The van der Waals surface area contributed by atoms with Gasteiger partial charge in [-0.15, -0.1) is 0 Å². The summed E-state index contributed by atoms with van der Waals surface area (Å²) in [6.07, 6.45) is 0. The van der Waals surface area contributed by atoms with E-state index in [9.17, 15) is 4.39 Å². The Labute approximate surface area is 105 Å². The number of aliphatic imine (C=N–C) groups is 1. The molecule has 0 aromatic heterocycles. The van der Waals surface area contributed by atoms with Crippen molar-refractivity contribution in [3.05, 3.63) is 71.5 Å². The van der Waals surface area contributed by atoms with E-state index < -0.39 is 0 Å². The van der Waals surface area contributed by atoms with E-state index in [0.717, 1.165) is 11.1 Å². The normalized spacial score (nSPS) is 11.6. The molecule has 0 amide bonds. The Kier molecular flexibility index (Phi) is 3.76. The van der Waals surface area contributed by atoms with Crippen LogP contribution >= 0.6 is 12.2 Å². The molecule has 2 aromatic carbocycles. The molecule has 0 saturated carbocycles. The van der Waals surface area contributed by atoms with Gasteiger partial charge in [0.1, 0.15) is 11.9 Å². The lowest BCUT2D eigenvalue weighted by atomic mass is 9.99. The third-order valence-corrected chi connectivity index (χ3v) is 2.59. The molecule has 1 unspecified atom stereocenters. The van der Waals surface area contributed by atoms with E-state index in [-0.39, 0.29) is 11.9 Å². The highest BCUT2D eigenvalue weighted by atomic mass is 32.1. The van der Waals surface area contributed by atoms with E-state index in [1.165, 1.54) is 12.1 Å². The Morgan fingerprint density at radius 1 is 0.941 bits per heavy atom. The number of hydrogen-bond donors (Lipinski definition) is 0. The number of nitrogens with zero attached hydrogens (tertiary/aromatic N) is 1. The molecule has 0 N–H and O–H groups in total. The molecule has 0 fully saturated rings. The van der Waals surface area contributed by atoms with E-state index >= 15 is 0 Å². The summed E-state index contributed by atoms with van der Waals surface area (Å²) in [6.45, 7) is 0. The first kappa shape index (κ1) is 11.6. The summed E-state index contributed by atoms with van der Waals surface area (Å²) < 4.78 is 12.9. The van der Waals surface area contributed by atoms with Gasteiger partial charge in [0.15, 0.2) is 0 Å². The zero-order valence-electron chi connectivity index (χ0n) is 9.01. The minimum Gasteiger partial charge on any atom is -0.219 e. The molecule has 2 aromatic rings. The van der Waals surface area contributed by atoms with Gasteiger partial charge in [0.25, 0.3) is 0 Å². The first-order valence-corrected chi connectivity index (χ1v) is 5.59. The largest absolute Gasteiger partial charge is 0.219 e. The van der Waals surface area contributed by atoms with Gasteiger partial charge < -0.3 is 0 Å². The molecular weight excluding hydrogens is 233 g/mol. The predicted molar refractivity (Wildman–Crippen MR) is 69.7 cm³/mol. The lowest BCUT2D eigenvalue weighted by Crippen LogP contribution is -1.97. The Bertz CT molecular complexity index is 530. The van der Waals surface area contributed by atoms with Crippen molar-refractivity contribution in [2.45, 2.75) is 6.04 Å². The van der Waals surface area contributed by atoms with E-state index in [0.29, 0.717) is 0 Å². The van der Waals surface area contributed by atoms with Crippen molar-refractivity contribution in [3.63, 3.8) is 0 Å². The first-order chi connectivity index (χ1) is 8.31. The van der Waals surface area contributed by atoms with Gasteiger partial charge in [0.05, 0.1) is 5.16 Å². The first-order valence-electron chi connectivity index (χ1n) is 5.18. The third kappa shape index (κ3) is 2.84. The zero-order chi connectivity index (χ0) is 12.1. The van der Waals surface area contributed by atoms with Crippen molar-refractivity contribution in [3.8, 4) is 0 Å². The maximum absolute atomic E-state index is 12.9. The van der Waals surface area contributed by atoms with Crippen molar-refractivity contribution in [2.24, 2.45) is 4.99 Å². The highest BCUT2D eigenvalue weighted by Crippen LogP contribution is 2.25. The molecule has 0 bridgehead atoms. The van der Waals surface area contributed by atoms with Crippen molar-refractivity contribution in [1.82, 2.24) is 0 Å². The van der Waals surface area contributed by atoms with E-state index in [1.54, 1.807) is 12.1 Å². The summed E-state index contributed by atoms with van der Waals surface area (Å²) in [6, 6.07) is 15.8. The Balaban J connectivity index is 2.42. The van der Waals surface area contributed by atoms with Gasteiger partial charge in [-0.05, 0) is 35.5 Å². The number of hydrogen-bond acceptors (Lipinski definition) is 2. The lowest BCUT2D eigenvalue weighted by molar-refractivity contribution is 0.626. The standard InChI is InChI=1S/C14H10FNS/c15-13-8-6-12(7-9-13)14(16-10-17)11-4-2-1-3-5-11/h1-9,14H. The van der Waals surface area contributed by atoms with E-state index in [4.69, 9.17) is 0 Å². The maximum atomic E-state index is 12.9. The highest BCUT2D eigenvalue weighted by Gasteiger charge is 2.11. The third-order valence-electron chi connectivity index (χ3n) is 2.48. The second-order valence-corrected chi connectivity index (χ2v) is 3.77. The van der Waals surface area contributed by atoms with Crippen molar-refractivity contribution in [2.75, 3.05) is 0 Å². The number of rotatable bonds is 3. The van der Waals surface area contributed by atoms with Crippen LogP contribution in [0.25, 0.3) is 0 Å². The molecule has 0 radical (unpaired) electrons. The van der Waals surface area contributed by atoms with Gasteiger partial charge in [0, 0.05) is 0 Å². The molecule has 1 nitrogen and oxygen atoms in total. The number of thiocarbonyl (C=S) groups is 1. The van der Waals surface area contributed by atoms with E-state index in [1.807, 2.05) is 30.3 Å². The van der Waals surface area contributed by atoms with Crippen LogP contribution in [0.2, 0.25) is 0 Å². The number of isothiocyanates is 1. The summed E-state index contributed by atoms with van der Waals surface area (Å²) in [5.41, 5.74) is 1.91. The average Bonchev–Trinajstić information content (AvgIpc) is 2.38. The fourth-order valence-corrected chi connectivity index (χ4v) is 1.78. The summed E-state index contributed by atoms with van der Waals surface area (Å²) in [5, 5.41) is 2.39. The molecule has 3 heteroatoms. The Morgan fingerprint density at radius 2 is 1.53 bits per heavy atom. The second-order valence-electron chi connectivity index (χ2n) is 3.59. The SMILES string of the molecule is Fc1ccc(C(N=C=S)c2ccccc2)cc1. The van der Waals surface area contributed by atoms with Crippen LogP contribution < -0.4 is 0 Å². The molecule has 0 spiro atoms. The maximum Gasteiger partial charge on any atom is 0.123 e. The van der Waals surface area contributed by atoms with Gasteiger partial charge in [-0.1, -0.05) is 42.5 Å². The van der Waals surface area contributed by atoms with Crippen LogP contribution in [0.3, 0.4) is 0 Å². The summed E-state index contributed by atoms with van der Waals surface area (Å²) in [5.74, 6) is -0.258. The van der Waals surface area contributed by atoms with Crippen LogP contribution in [0.15, 0.2) is 59.6 Å². The predicted octanol–water partition coefficient (Wildman–Crippen LogP) is 4.02. The molecule has 0 heterocycles. The number of halogens is 1. The quantitative estimate of drug-likeness (QED) is 0.586. The van der Waals surface area contributed by atoms with Crippen LogP contribution in [0.4, 0.5) is 4.39 Å². The summed E-state index contributed by atoms with van der Waals surface area (Å²) in [4.78, 5) is 4.14. The van der Waals surface area contributed by atoms with Crippen LogP contribution in [-0.2, 0) is 0 Å². The monoisotopic (exact) mass is 243 g/mol. The van der Waals surface area contributed by atoms with Crippen molar-refractivity contribution in [1.29, 1.82) is 0 Å². The molecule has 0 aliphatic rings. The Hall–Kier alpha value is -1.83. The van der Waals surface area contributed by atoms with Crippen LogP contribution in [0, 0.1) is 5.82 Å². The lowest BCUT2D eigenvalue weighted by Gasteiger charge is -2.11. The molecule has 0 aliphatic heterocycles. The molecule has 2 rings (SSSR count). The van der Waals surface area contributed by atoms with Gasteiger partial charge in [-0.3, -0.25) is 0 Å². The second kappa shape index (κ2) is 5.48. The Morgan fingerprint density at radius 3 is 2.12 bits per heavy atom. The van der Waals surface area contributed by atoms with Gasteiger partial charge in [-0.25, -0.2) is 9.38 Å². The van der Waals surface area contributed by atoms with Crippen LogP contribution in [0.5, 0.6) is 0 Å². The van der Waals surface area contributed by atoms with Crippen LogP contribution in [-0.4, -0.2) is 5.16 Å². The van der Waals surface area contributed by atoms with E-state index in [2.05, 4.69) is 22.4 Å². The van der Waals surface area contributed by atoms with Gasteiger partial charge >= 0.3 is 0 Å². The summed E-state index contributed by atoms with van der Waals surface area (Å²) in [7, 11) is 0.